The lowest BCUT2D eigenvalue weighted by Crippen LogP contribution is -2.16. The summed E-state index contributed by atoms with van der Waals surface area (Å²) < 4.78 is 32.2. The second-order valence-electron chi connectivity index (χ2n) is 6.34. The Morgan fingerprint density at radius 1 is 1.33 bits per heavy atom. The zero-order valence-electron chi connectivity index (χ0n) is 15.8. The van der Waals surface area contributed by atoms with Crippen molar-refractivity contribution in [1.82, 2.24) is 4.57 Å². The number of hydrogen-bond acceptors (Lipinski definition) is 5. The molecule has 0 spiro atoms. The molecule has 0 unspecified atom stereocenters. The number of methoxy groups -OCH3 is 3. The number of hydrogen-bond donors (Lipinski definition) is 0. The van der Waals surface area contributed by atoms with Crippen LogP contribution in [0.2, 0.25) is 0 Å². The molecule has 3 rings (SSSR count). The first kappa shape index (κ1) is 18.8. The van der Waals surface area contributed by atoms with E-state index in [0.717, 1.165) is 11.3 Å². The van der Waals surface area contributed by atoms with Crippen molar-refractivity contribution in [3.8, 4) is 28.8 Å². The molecule has 1 aliphatic heterocycles. The third kappa shape index (κ3) is 2.91. The van der Waals surface area contributed by atoms with Gasteiger partial charge in [-0.2, -0.15) is 5.26 Å². The minimum atomic E-state index is -0.461. The third-order valence-electron chi connectivity index (χ3n) is 5.10. The number of nitrogens with zero attached hydrogens (tertiary/aromatic N) is 2. The van der Waals surface area contributed by atoms with Crippen LogP contribution in [0.25, 0.3) is 11.3 Å². The van der Waals surface area contributed by atoms with E-state index >= 15 is 0 Å². The van der Waals surface area contributed by atoms with E-state index in [0.29, 0.717) is 41.8 Å². The smallest absolute Gasteiger partial charge is 0.305 e. The van der Waals surface area contributed by atoms with Gasteiger partial charge in [-0.1, -0.05) is 0 Å². The summed E-state index contributed by atoms with van der Waals surface area (Å²) in [5.74, 6) is -0.424. The number of fused-ring (bicyclic) bond motifs is 3. The summed E-state index contributed by atoms with van der Waals surface area (Å²) in [6.45, 7) is 2.38. The van der Waals surface area contributed by atoms with Crippen molar-refractivity contribution in [2.45, 2.75) is 32.7 Å². The van der Waals surface area contributed by atoms with Gasteiger partial charge in [0.1, 0.15) is 6.07 Å². The fraction of sp³-hybridized carbons (Fsp3) is 0.400. The number of carbonyl (C=O) groups is 1. The monoisotopic (exact) mass is 372 g/mol. The first-order chi connectivity index (χ1) is 13.0. The Labute approximate surface area is 157 Å². The fourth-order valence-electron chi connectivity index (χ4n) is 3.77. The van der Waals surface area contributed by atoms with Gasteiger partial charge in [-0.25, -0.2) is 4.39 Å². The Kier molecular flexibility index (Phi) is 5.08. The molecule has 0 saturated heterocycles. The van der Waals surface area contributed by atoms with Crippen LogP contribution >= 0.6 is 0 Å². The first-order valence-electron chi connectivity index (χ1n) is 8.61. The maximum absolute atomic E-state index is 15.0. The van der Waals surface area contributed by atoms with E-state index in [1.165, 1.54) is 21.3 Å². The summed E-state index contributed by atoms with van der Waals surface area (Å²) >= 11 is 0. The van der Waals surface area contributed by atoms with Gasteiger partial charge in [0.25, 0.3) is 0 Å². The summed E-state index contributed by atoms with van der Waals surface area (Å²) in [4.78, 5) is 11.6. The lowest BCUT2D eigenvalue weighted by atomic mass is 9.94. The van der Waals surface area contributed by atoms with E-state index in [1.54, 1.807) is 6.07 Å². The number of nitriles is 1. The van der Waals surface area contributed by atoms with Gasteiger partial charge in [-0.3, -0.25) is 4.79 Å². The van der Waals surface area contributed by atoms with Gasteiger partial charge in [-0.15, -0.1) is 0 Å². The molecule has 0 atom stereocenters. The average Bonchev–Trinajstić information content (AvgIpc) is 2.96. The molecule has 2 heterocycles. The van der Waals surface area contributed by atoms with Crippen LogP contribution in [0.3, 0.4) is 0 Å². The molecule has 0 N–H and O–H groups in total. The Balaban J connectivity index is 2.21. The minimum absolute atomic E-state index is 0.0670. The second-order valence-corrected chi connectivity index (χ2v) is 6.34. The molecule has 1 aromatic carbocycles. The van der Waals surface area contributed by atoms with Crippen molar-refractivity contribution < 1.29 is 23.4 Å². The first-order valence-corrected chi connectivity index (χ1v) is 8.61. The quantitative estimate of drug-likeness (QED) is 0.754. The Morgan fingerprint density at radius 3 is 2.67 bits per heavy atom. The Hall–Kier alpha value is -3.01. The SMILES string of the molecule is COC(=O)CCc1c(C)c(C#N)c2n1CCc1c-2cc(OC)c(OC)c1F. The molecule has 7 heteroatoms. The zero-order chi connectivity index (χ0) is 19.7. The topological polar surface area (TPSA) is 73.5 Å². The summed E-state index contributed by atoms with van der Waals surface area (Å²) in [5.41, 5.74) is 3.99. The van der Waals surface area contributed by atoms with Crippen LogP contribution in [0.15, 0.2) is 6.07 Å². The molecule has 142 valence electrons. The lowest BCUT2D eigenvalue weighted by molar-refractivity contribution is -0.140. The molecule has 0 saturated carbocycles. The maximum atomic E-state index is 15.0. The highest BCUT2D eigenvalue weighted by molar-refractivity contribution is 5.78. The average molecular weight is 372 g/mol. The molecule has 2 aromatic rings. The normalized spacial score (nSPS) is 12.0. The van der Waals surface area contributed by atoms with Gasteiger partial charge < -0.3 is 18.8 Å². The molecule has 0 amide bonds. The van der Waals surface area contributed by atoms with Crippen molar-refractivity contribution in [2.75, 3.05) is 21.3 Å². The Morgan fingerprint density at radius 2 is 2.07 bits per heavy atom. The van der Waals surface area contributed by atoms with Crippen molar-refractivity contribution in [3.63, 3.8) is 0 Å². The molecule has 1 aliphatic rings. The van der Waals surface area contributed by atoms with Crippen LogP contribution < -0.4 is 9.47 Å². The highest BCUT2D eigenvalue weighted by atomic mass is 19.1. The number of aromatic nitrogens is 1. The van der Waals surface area contributed by atoms with Crippen LogP contribution in [0.4, 0.5) is 4.39 Å². The van der Waals surface area contributed by atoms with Crippen LogP contribution in [-0.4, -0.2) is 31.9 Å². The molecule has 0 fully saturated rings. The van der Waals surface area contributed by atoms with Gasteiger partial charge in [0.2, 0.25) is 0 Å². The maximum Gasteiger partial charge on any atom is 0.305 e. The van der Waals surface area contributed by atoms with E-state index in [1.807, 2.05) is 11.5 Å². The van der Waals surface area contributed by atoms with E-state index in [9.17, 15) is 14.4 Å². The summed E-state index contributed by atoms with van der Waals surface area (Å²) in [6.07, 6.45) is 1.13. The van der Waals surface area contributed by atoms with E-state index in [2.05, 4.69) is 6.07 Å². The van der Waals surface area contributed by atoms with Crippen molar-refractivity contribution in [2.24, 2.45) is 0 Å². The van der Waals surface area contributed by atoms with E-state index in [4.69, 9.17) is 14.2 Å². The summed E-state index contributed by atoms with van der Waals surface area (Å²) in [5, 5.41) is 9.73. The standard InChI is InChI=1S/C20H21FN2O4/c1-11-14(10-22)19-13-9-16(25-2)20(27-4)18(21)12(13)7-8-23(19)15(11)5-6-17(24)26-3/h9H,5-8H2,1-4H3. The molecule has 0 radical (unpaired) electrons. The van der Waals surface area contributed by atoms with Crippen molar-refractivity contribution >= 4 is 5.97 Å². The zero-order valence-corrected chi connectivity index (χ0v) is 15.8. The summed E-state index contributed by atoms with van der Waals surface area (Å²) in [6, 6.07) is 3.96. The number of rotatable bonds is 5. The Bertz CT molecular complexity index is 956. The predicted molar refractivity (Wildman–Crippen MR) is 96.4 cm³/mol. The molecule has 27 heavy (non-hydrogen) atoms. The molecule has 0 bridgehead atoms. The van der Waals surface area contributed by atoms with Crippen LogP contribution in [-0.2, 0) is 28.9 Å². The van der Waals surface area contributed by atoms with Crippen molar-refractivity contribution in [1.29, 1.82) is 5.26 Å². The largest absolute Gasteiger partial charge is 0.493 e. The summed E-state index contributed by atoms with van der Waals surface area (Å²) in [7, 11) is 4.20. The van der Waals surface area contributed by atoms with Gasteiger partial charge in [-0.05, 0) is 31.4 Å². The minimum Gasteiger partial charge on any atom is -0.493 e. The van der Waals surface area contributed by atoms with E-state index in [-0.39, 0.29) is 23.9 Å². The fourth-order valence-corrected chi connectivity index (χ4v) is 3.77. The number of halogens is 1. The van der Waals surface area contributed by atoms with Gasteiger partial charge >= 0.3 is 5.97 Å². The molecular weight excluding hydrogens is 351 g/mol. The molecule has 6 nitrogen and oxygen atoms in total. The third-order valence-corrected chi connectivity index (χ3v) is 5.10. The van der Waals surface area contributed by atoms with Crippen molar-refractivity contribution in [3.05, 3.63) is 34.3 Å². The van der Waals surface area contributed by atoms with Gasteiger partial charge in [0.15, 0.2) is 17.3 Å². The number of carbonyl (C=O) groups excluding carboxylic acids is 1. The van der Waals surface area contributed by atoms with Crippen LogP contribution in [0.1, 0.15) is 28.8 Å². The molecule has 1 aromatic heterocycles. The van der Waals surface area contributed by atoms with Gasteiger partial charge in [0, 0.05) is 23.4 Å². The van der Waals surface area contributed by atoms with Crippen LogP contribution in [0.5, 0.6) is 11.5 Å². The number of ether oxygens (including phenoxy) is 3. The lowest BCUT2D eigenvalue weighted by Gasteiger charge is -2.24. The van der Waals surface area contributed by atoms with Crippen LogP contribution in [0, 0.1) is 24.1 Å². The second kappa shape index (κ2) is 7.31. The molecular formula is C20H21FN2O4. The number of esters is 1. The number of benzene rings is 1. The van der Waals surface area contributed by atoms with E-state index < -0.39 is 5.82 Å². The highest BCUT2D eigenvalue weighted by Gasteiger charge is 2.30. The highest BCUT2D eigenvalue weighted by Crippen LogP contribution is 2.44. The predicted octanol–water partition coefficient (Wildman–Crippen LogP) is 3.15. The molecule has 0 aliphatic carbocycles. The van der Waals surface area contributed by atoms with Gasteiger partial charge in [0.05, 0.1) is 39.0 Å².